The average Bonchev–Trinajstić information content (AvgIpc) is 2.94. The van der Waals surface area contributed by atoms with Crippen LogP contribution in [-0.4, -0.2) is 58.8 Å². The predicted molar refractivity (Wildman–Crippen MR) is 78.7 cm³/mol. The number of aromatic nitrogens is 2. The van der Waals surface area contributed by atoms with Crippen molar-refractivity contribution in [2.45, 2.75) is 6.04 Å². The zero-order valence-corrected chi connectivity index (χ0v) is 12.2. The lowest BCUT2D eigenvalue weighted by molar-refractivity contribution is 0.108. The molecule has 21 heavy (non-hydrogen) atoms. The molecule has 1 saturated heterocycles. The van der Waals surface area contributed by atoms with Gasteiger partial charge in [0.25, 0.3) is 5.89 Å². The molecule has 2 aromatic rings. The van der Waals surface area contributed by atoms with Crippen molar-refractivity contribution in [3.63, 3.8) is 0 Å². The molecule has 7 heteroatoms. The fourth-order valence-electron chi connectivity index (χ4n) is 2.50. The van der Waals surface area contributed by atoms with Gasteiger partial charge in [0.1, 0.15) is 0 Å². The Kier molecular flexibility index (Phi) is 3.52. The first-order chi connectivity index (χ1) is 10.1. The minimum atomic E-state index is -0.0261. The van der Waals surface area contributed by atoms with Gasteiger partial charge in [-0.25, -0.2) is 0 Å². The third-order valence-corrected chi connectivity index (χ3v) is 3.89. The van der Waals surface area contributed by atoms with E-state index in [0.717, 1.165) is 19.6 Å². The second kappa shape index (κ2) is 5.34. The van der Waals surface area contributed by atoms with E-state index in [9.17, 15) is 5.11 Å². The number of aromatic hydroxyl groups is 1. The lowest BCUT2D eigenvalue weighted by Crippen LogP contribution is -2.45. The topological polar surface area (TPSA) is 91.7 Å². The van der Waals surface area contributed by atoms with Crippen LogP contribution in [0.4, 0.5) is 5.69 Å². The van der Waals surface area contributed by atoms with E-state index < -0.39 is 0 Å². The van der Waals surface area contributed by atoms with Gasteiger partial charge in [-0.2, -0.15) is 4.98 Å². The summed E-state index contributed by atoms with van der Waals surface area (Å²) in [4.78, 5) is 8.87. The van der Waals surface area contributed by atoms with Gasteiger partial charge in [0.15, 0.2) is 11.6 Å². The maximum atomic E-state index is 9.99. The van der Waals surface area contributed by atoms with Crippen molar-refractivity contribution in [1.82, 2.24) is 19.9 Å². The summed E-state index contributed by atoms with van der Waals surface area (Å²) in [5, 5.41) is 14.1. The highest BCUT2D eigenvalue weighted by molar-refractivity contribution is 5.71. The van der Waals surface area contributed by atoms with Gasteiger partial charge in [0.05, 0.1) is 17.3 Å². The summed E-state index contributed by atoms with van der Waals surface area (Å²) < 4.78 is 5.30. The van der Waals surface area contributed by atoms with Gasteiger partial charge >= 0.3 is 0 Å². The average molecular weight is 289 g/mol. The Morgan fingerprint density at radius 3 is 2.95 bits per heavy atom. The highest BCUT2D eigenvalue weighted by atomic mass is 16.5. The Morgan fingerprint density at radius 2 is 2.14 bits per heavy atom. The Balaban J connectivity index is 1.91. The van der Waals surface area contributed by atoms with E-state index in [0.29, 0.717) is 17.1 Å². The maximum absolute atomic E-state index is 9.99. The number of para-hydroxylation sites is 1. The van der Waals surface area contributed by atoms with Crippen LogP contribution in [0, 0.1) is 0 Å². The molecule has 1 aliphatic rings. The third-order valence-electron chi connectivity index (χ3n) is 3.89. The normalized spacial score (nSPS) is 20.8. The van der Waals surface area contributed by atoms with Gasteiger partial charge < -0.3 is 20.3 Å². The Labute approximate surface area is 123 Å². The molecule has 1 atom stereocenters. The standard InChI is InChI=1S/C14H19N5O2/c1-18-6-7-19(2)11(8-18)13-16-14(21-17-13)9-4-3-5-10(15)12(9)20/h3-5,11,20H,6-8,15H2,1-2H3. The first-order valence-corrected chi connectivity index (χ1v) is 6.86. The van der Waals surface area contributed by atoms with Gasteiger partial charge in [-0.1, -0.05) is 11.2 Å². The van der Waals surface area contributed by atoms with Crippen LogP contribution in [0.3, 0.4) is 0 Å². The number of nitrogen functional groups attached to an aromatic ring is 1. The SMILES string of the molecule is CN1CCN(C)C(c2noc(-c3cccc(N)c3O)n2)C1. The number of anilines is 1. The van der Waals surface area contributed by atoms with Crippen molar-refractivity contribution in [1.29, 1.82) is 0 Å². The maximum Gasteiger partial charge on any atom is 0.261 e. The van der Waals surface area contributed by atoms with Crippen LogP contribution in [0.1, 0.15) is 11.9 Å². The second-order valence-electron chi connectivity index (χ2n) is 5.46. The van der Waals surface area contributed by atoms with Crippen molar-refractivity contribution in [2.75, 3.05) is 39.5 Å². The molecule has 0 radical (unpaired) electrons. The highest BCUT2D eigenvalue weighted by Gasteiger charge is 2.28. The zero-order chi connectivity index (χ0) is 15.0. The molecule has 1 aromatic heterocycles. The first kappa shape index (κ1) is 13.8. The Hall–Kier alpha value is -2.12. The zero-order valence-electron chi connectivity index (χ0n) is 12.2. The molecule has 3 N–H and O–H groups in total. The second-order valence-corrected chi connectivity index (χ2v) is 5.46. The number of nitrogens with zero attached hydrogens (tertiary/aromatic N) is 4. The number of piperazine rings is 1. The number of phenols is 1. The van der Waals surface area contributed by atoms with E-state index in [-0.39, 0.29) is 17.7 Å². The summed E-state index contributed by atoms with van der Waals surface area (Å²) in [6.07, 6.45) is 0. The minimum absolute atomic E-state index is 0.0261. The first-order valence-electron chi connectivity index (χ1n) is 6.86. The summed E-state index contributed by atoms with van der Waals surface area (Å²) in [6, 6.07) is 5.17. The monoisotopic (exact) mass is 289 g/mol. The summed E-state index contributed by atoms with van der Waals surface area (Å²) in [5.41, 5.74) is 6.45. The molecule has 1 aromatic carbocycles. The van der Waals surface area contributed by atoms with Crippen LogP contribution >= 0.6 is 0 Å². The number of benzene rings is 1. The van der Waals surface area contributed by atoms with Crippen LogP contribution in [0.15, 0.2) is 22.7 Å². The summed E-state index contributed by atoms with van der Waals surface area (Å²) in [6.45, 7) is 2.82. The fourth-order valence-corrected chi connectivity index (χ4v) is 2.50. The molecule has 7 nitrogen and oxygen atoms in total. The number of nitrogens with two attached hydrogens (primary N) is 1. The quantitative estimate of drug-likeness (QED) is 0.628. The van der Waals surface area contributed by atoms with E-state index in [2.05, 4.69) is 27.0 Å². The molecule has 0 spiro atoms. The van der Waals surface area contributed by atoms with E-state index >= 15 is 0 Å². The van der Waals surface area contributed by atoms with Crippen LogP contribution in [0.5, 0.6) is 5.75 Å². The number of hydrogen-bond donors (Lipinski definition) is 2. The van der Waals surface area contributed by atoms with Crippen molar-refractivity contribution in [2.24, 2.45) is 0 Å². The molecule has 0 saturated carbocycles. The van der Waals surface area contributed by atoms with Crippen LogP contribution in [-0.2, 0) is 0 Å². The number of rotatable bonds is 2. The largest absolute Gasteiger partial charge is 0.505 e. The van der Waals surface area contributed by atoms with Crippen molar-refractivity contribution in [3.8, 4) is 17.2 Å². The lowest BCUT2D eigenvalue weighted by atomic mass is 10.1. The van der Waals surface area contributed by atoms with Crippen LogP contribution < -0.4 is 5.73 Å². The molecular formula is C14H19N5O2. The van der Waals surface area contributed by atoms with Gasteiger partial charge in [0, 0.05) is 19.6 Å². The van der Waals surface area contributed by atoms with E-state index in [1.807, 2.05) is 7.05 Å². The summed E-state index contributed by atoms with van der Waals surface area (Å²) in [7, 11) is 4.12. The van der Waals surface area contributed by atoms with Crippen molar-refractivity contribution < 1.29 is 9.63 Å². The number of phenolic OH excluding ortho intramolecular Hbond substituents is 1. The van der Waals surface area contributed by atoms with E-state index in [1.165, 1.54) is 0 Å². The number of hydrogen-bond acceptors (Lipinski definition) is 7. The van der Waals surface area contributed by atoms with Gasteiger partial charge in [-0.15, -0.1) is 0 Å². The Morgan fingerprint density at radius 1 is 1.33 bits per heavy atom. The van der Waals surface area contributed by atoms with Gasteiger partial charge in [-0.3, -0.25) is 4.90 Å². The highest BCUT2D eigenvalue weighted by Crippen LogP contribution is 2.33. The third kappa shape index (κ3) is 2.57. The minimum Gasteiger partial charge on any atom is -0.505 e. The van der Waals surface area contributed by atoms with E-state index in [1.54, 1.807) is 18.2 Å². The molecule has 0 aliphatic carbocycles. The fraction of sp³-hybridized carbons (Fsp3) is 0.429. The molecule has 0 bridgehead atoms. The molecular weight excluding hydrogens is 270 g/mol. The van der Waals surface area contributed by atoms with Crippen LogP contribution in [0.25, 0.3) is 11.5 Å². The molecule has 1 aliphatic heterocycles. The van der Waals surface area contributed by atoms with Crippen molar-refractivity contribution >= 4 is 5.69 Å². The molecule has 112 valence electrons. The smallest absolute Gasteiger partial charge is 0.261 e. The molecule has 1 unspecified atom stereocenters. The molecule has 1 fully saturated rings. The van der Waals surface area contributed by atoms with Gasteiger partial charge in [0.2, 0.25) is 0 Å². The van der Waals surface area contributed by atoms with Crippen LogP contribution in [0.2, 0.25) is 0 Å². The summed E-state index contributed by atoms with van der Waals surface area (Å²) in [5.74, 6) is 0.888. The van der Waals surface area contributed by atoms with Gasteiger partial charge in [-0.05, 0) is 26.2 Å². The van der Waals surface area contributed by atoms with E-state index in [4.69, 9.17) is 10.3 Å². The van der Waals surface area contributed by atoms with Crippen molar-refractivity contribution in [3.05, 3.63) is 24.0 Å². The number of likely N-dealkylation sites (N-methyl/N-ethyl adjacent to an activating group) is 2. The predicted octanol–water partition coefficient (Wildman–Crippen LogP) is 0.943. The molecule has 2 heterocycles. The summed E-state index contributed by atoms with van der Waals surface area (Å²) >= 11 is 0. The Bertz CT molecular complexity index is 642. The molecule has 3 rings (SSSR count). The lowest BCUT2D eigenvalue weighted by Gasteiger charge is -2.35. The molecule has 0 amide bonds.